The highest BCUT2D eigenvalue weighted by Gasteiger charge is 2.28. The molecule has 0 heterocycles. The summed E-state index contributed by atoms with van der Waals surface area (Å²) in [6.07, 6.45) is 4.57. The van der Waals surface area contributed by atoms with Crippen molar-refractivity contribution in [1.82, 2.24) is 0 Å². The van der Waals surface area contributed by atoms with Crippen LogP contribution in [0.2, 0.25) is 0 Å². The summed E-state index contributed by atoms with van der Waals surface area (Å²) in [5.74, 6) is 0. The third-order valence-corrected chi connectivity index (χ3v) is 6.88. The predicted octanol–water partition coefficient (Wildman–Crippen LogP) is 5.68. The van der Waals surface area contributed by atoms with Gasteiger partial charge >= 0.3 is 0 Å². The topological polar surface area (TPSA) is 0 Å². The summed E-state index contributed by atoms with van der Waals surface area (Å²) in [5, 5.41) is 0. The Morgan fingerprint density at radius 3 is 2.39 bits per heavy atom. The van der Waals surface area contributed by atoms with Gasteiger partial charge in [-0.25, -0.2) is 0 Å². The van der Waals surface area contributed by atoms with E-state index in [1.165, 1.54) is 22.3 Å². The first-order valence-electron chi connectivity index (χ1n) is 5.92. The molecule has 18 heavy (non-hydrogen) atoms. The van der Waals surface area contributed by atoms with Crippen molar-refractivity contribution in [2.75, 3.05) is 0 Å². The van der Waals surface area contributed by atoms with Crippen LogP contribution in [0.25, 0.3) is 17.2 Å². The predicted molar refractivity (Wildman–Crippen MR) is 89.9 cm³/mol. The summed E-state index contributed by atoms with van der Waals surface area (Å²) in [6, 6.07) is 17.3. The SMILES string of the molecule is CC1(SI)C=Cc2ccccc2-c2ccccc21. The van der Waals surface area contributed by atoms with Gasteiger partial charge in [0.2, 0.25) is 0 Å². The first-order chi connectivity index (χ1) is 8.74. The second kappa shape index (κ2) is 4.74. The molecular weight excluding hydrogens is 351 g/mol. The molecule has 1 atom stereocenters. The fraction of sp³-hybridized carbons (Fsp3) is 0.125. The van der Waals surface area contributed by atoms with Crippen molar-refractivity contribution in [1.29, 1.82) is 0 Å². The number of benzene rings is 2. The van der Waals surface area contributed by atoms with Gasteiger partial charge in [0.1, 0.15) is 0 Å². The first kappa shape index (κ1) is 12.3. The van der Waals surface area contributed by atoms with E-state index in [0.717, 1.165) is 0 Å². The molecule has 2 heteroatoms. The molecule has 0 fully saturated rings. The van der Waals surface area contributed by atoms with E-state index in [1.807, 2.05) is 8.93 Å². The molecule has 0 amide bonds. The molecule has 1 unspecified atom stereocenters. The third-order valence-electron chi connectivity index (χ3n) is 3.45. The minimum absolute atomic E-state index is 0.0379. The number of rotatable bonds is 1. The van der Waals surface area contributed by atoms with Crippen molar-refractivity contribution in [3.05, 3.63) is 65.7 Å². The maximum Gasteiger partial charge on any atom is 0.0669 e. The van der Waals surface area contributed by atoms with Gasteiger partial charge in [-0.3, -0.25) is 0 Å². The van der Waals surface area contributed by atoms with Crippen molar-refractivity contribution in [3.8, 4) is 11.1 Å². The molecule has 0 N–H and O–H groups in total. The summed E-state index contributed by atoms with van der Waals surface area (Å²) >= 11 is 2.40. The van der Waals surface area contributed by atoms with Gasteiger partial charge in [-0.2, -0.15) is 0 Å². The smallest absolute Gasteiger partial charge is 0.0669 e. The highest BCUT2D eigenvalue weighted by atomic mass is 127. The van der Waals surface area contributed by atoms with Gasteiger partial charge < -0.3 is 0 Å². The summed E-state index contributed by atoms with van der Waals surface area (Å²) in [7, 11) is 1.86. The van der Waals surface area contributed by atoms with Gasteiger partial charge in [-0.1, -0.05) is 69.6 Å². The normalized spacial score (nSPS) is 21.0. The number of hydrogen-bond donors (Lipinski definition) is 0. The van der Waals surface area contributed by atoms with Gasteiger partial charge in [0.15, 0.2) is 0 Å². The number of halogens is 1. The van der Waals surface area contributed by atoms with E-state index in [4.69, 9.17) is 0 Å². The minimum atomic E-state index is 0.0379. The van der Waals surface area contributed by atoms with E-state index in [1.54, 1.807) is 0 Å². The van der Waals surface area contributed by atoms with Crippen LogP contribution < -0.4 is 0 Å². The quantitative estimate of drug-likeness (QED) is 0.587. The van der Waals surface area contributed by atoms with Crippen molar-refractivity contribution in [2.24, 2.45) is 0 Å². The van der Waals surface area contributed by atoms with Gasteiger partial charge in [0, 0.05) is 0 Å². The molecule has 90 valence electrons. The molecule has 1 aliphatic rings. The monoisotopic (exact) mass is 364 g/mol. The van der Waals surface area contributed by atoms with Crippen LogP contribution in [0.4, 0.5) is 0 Å². The Morgan fingerprint density at radius 2 is 1.61 bits per heavy atom. The molecule has 0 aliphatic heterocycles. The summed E-state index contributed by atoms with van der Waals surface area (Å²) in [5.41, 5.74) is 5.38. The fourth-order valence-corrected chi connectivity index (χ4v) is 3.98. The van der Waals surface area contributed by atoms with Gasteiger partial charge in [-0.15, -0.1) is 0 Å². The van der Waals surface area contributed by atoms with Crippen molar-refractivity contribution in [3.63, 3.8) is 0 Å². The van der Waals surface area contributed by atoms with E-state index in [9.17, 15) is 0 Å². The lowest BCUT2D eigenvalue weighted by atomic mass is 9.92. The highest BCUT2D eigenvalue weighted by molar-refractivity contribution is 14.2. The molecule has 0 aromatic heterocycles. The zero-order chi connectivity index (χ0) is 12.6. The molecule has 2 aromatic rings. The van der Waals surface area contributed by atoms with Gasteiger partial charge in [0.25, 0.3) is 0 Å². The van der Waals surface area contributed by atoms with Crippen LogP contribution in [0.1, 0.15) is 18.1 Å². The molecule has 0 spiro atoms. The standard InChI is InChI=1S/C16H13IS/c1-16(18-17)11-10-12-6-2-3-7-13(12)14-8-4-5-9-15(14)16/h2-11H,1H3. The first-order valence-corrected chi connectivity index (χ1v) is 9.28. The van der Waals surface area contributed by atoms with Crippen molar-refractivity contribution >= 4 is 36.2 Å². The lowest BCUT2D eigenvalue weighted by molar-refractivity contribution is 0.898. The Labute approximate surface area is 124 Å². The average Bonchev–Trinajstić information content (AvgIpc) is 2.57. The summed E-state index contributed by atoms with van der Waals surface area (Å²) in [6.45, 7) is 2.28. The highest BCUT2D eigenvalue weighted by Crippen LogP contribution is 2.48. The number of hydrogen-bond acceptors (Lipinski definition) is 1. The Morgan fingerprint density at radius 1 is 0.944 bits per heavy atom. The largest absolute Gasteiger partial charge is 0.0737 e. The summed E-state index contributed by atoms with van der Waals surface area (Å²) < 4.78 is 0.0379. The molecule has 0 saturated carbocycles. The van der Waals surface area contributed by atoms with Crippen LogP contribution in [0, 0.1) is 0 Å². The van der Waals surface area contributed by atoms with E-state index in [0.29, 0.717) is 0 Å². The maximum atomic E-state index is 2.40. The van der Waals surface area contributed by atoms with Crippen LogP contribution in [-0.4, -0.2) is 0 Å². The number of fused-ring (bicyclic) bond motifs is 3. The molecule has 0 saturated heterocycles. The maximum absolute atomic E-state index is 2.40. The lowest BCUT2D eigenvalue weighted by Gasteiger charge is -2.24. The molecule has 3 rings (SSSR count). The van der Waals surface area contributed by atoms with E-state index < -0.39 is 0 Å². The van der Waals surface area contributed by atoms with Gasteiger partial charge in [-0.05, 0) is 50.4 Å². The molecule has 0 radical (unpaired) electrons. The lowest BCUT2D eigenvalue weighted by Crippen LogP contribution is -2.12. The molecule has 0 nitrogen and oxygen atoms in total. The Bertz CT molecular complexity index is 618. The second-order valence-electron chi connectivity index (χ2n) is 4.65. The Balaban J connectivity index is 2.35. The van der Waals surface area contributed by atoms with Crippen molar-refractivity contribution < 1.29 is 0 Å². The van der Waals surface area contributed by atoms with Crippen LogP contribution in [0.5, 0.6) is 0 Å². The third kappa shape index (κ3) is 1.91. The van der Waals surface area contributed by atoms with E-state index in [-0.39, 0.29) is 4.75 Å². The van der Waals surface area contributed by atoms with Crippen LogP contribution >= 0.6 is 30.1 Å². The molecule has 1 aliphatic carbocycles. The zero-order valence-corrected chi connectivity index (χ0v) is 13.0. The van der Waals surface area contributed by atoms with Crippen LogP contribution in [0.15, 0.2) is 54.6 Å². The minimum Gasteiger partial charge on any atom is -0.0737 e. The van der Waals surface area contributed by atoms with Crippen molar-refractivity contribution in [2.45, 2.75) is 11.7 Å². The zero-order valence-electron chi connectivity index (χ0n) is 10.1. The molecule has 2 aromatic carbocycles. The second-order valence-corrected chi connectivity index (χ2v) is 6.97. The van der Waals surface area contributed by atoms with E-state index >= 15 is 0 Å². The van der Waals surface area contributed by atoms with E-state index in [2.05, 4.69) is 88.8 Å². The average molecular weight is 364 g/mol. The summed E-state index contributed by atoms with van der Waals surface area (Å²) in [4.78, 5) is 0. The van der Waals surface area contributed by atoms with Crippen LogP contribution in [0.3, 0.4) is 0 Å². The Hall–Kier alpha value is -0.740. The Kier molecular flexibility index (Phi) is 3.24. The van der Waals surface area contributed by atoms with Gasteiger partial charge in [0.05, 0.1) is 4.75 Å². The molecular formula is C16H13IS. The fourth-order valence-electron chi connectivity index (χ4n) is 2.44. The van der Waals surface area contributed by atoms with Crippen LogP contribution in [-0.2, 0) is 4.75 Å². The molecule has 0 bridgehead atoms.